The highest BCUT2D eigenvalue weighted by Gasteiger charge is 2.24. The van der Waals surface area contributed by atoms with Crippen molar-refractivity contribution < 1.29 is 18.8 Å². The standard InChI is InChI=1S/C18H26FN3O3/c1-11-6-7-13(10-14(11)19)16(24)21-9-8-20-15(23)12(2)22-17(25)18(3,4)5/h6-7,10,12H,8-9H2,1-5H3,(H,20,23)(H,21,24)(H,22,25). The third kappa shape index (κ3) is 6.52. The third-order valence-corrected chi connectivity index (χ3v) is 3.57. The van der Waals surface area contributed by atoms with Crippen LogP contribution in [0.5, 0.6) is 0 Å². The fourth-order valence-electron chi connectivity index (χ4n) is 1.83. The molecule has 0 spiro atoms. The van der Waals surface area contributed by atoms with Gasteiger partial charge < -0.3 is 16.0 Å². The molecule has 3 amide bonds. The maximum Gasteiger partial charge on any atom is 0.251 e. The molecular weight excluding hydrogens is 325 g/mol. The summed E-state index contributed by atoms with van der Waals surface area (Å²) in [7, 11) is 0. The van der Waals surface area contributed by atoms with Gasteiger partial charge in [-0.15, -0.1) is 0 Å². The van der Waals surface area contributed by atoms with Crippen molar-refractivity contribution in [3.63, 3.8) is 0 Å². The Bertz CT molecular complexity index is 653. The minimum atomic E-state index is -0.673. The Kier molecular flexibility index (Phi) is 7.09. The van der Waals surface area contributed by atoms with E-state index in [0.717, 1.165) is 0 Å². The fraction of sp³-hybridized carbons (Fsp3) is 0.500. The summed E-state index contributed by atoms with van der Waals surface area (Å²) in [6.45, 7) is 8.89. The molecule has 0 saturated heterocycles. The largest absolute Gasteiger partial charge is 0.353 e. The zero-order chi connectivity index (χ0) is 19.2. The van der Waals surface area contributed by atoms with Gasteiger partial charge in [-0.2, -0.15) is 0 Å². The SMILES string of the molecule is Cc1ccc(C(=O)NCCNC(=O)C(C)NC(=O)C(C)(C)C)cc1F. The predicted molar refractivity (Wildman–Crippen MR) is 93.5 cm³/mol. The van der Waals surface area contributed by atoms with Crippen LogP contribution >= 0.6 is 0 Å². The maximum absolute atomic E-state index is 13.4. The summed E-state index contributed by atoms with van der Waals surface area (Å²) in [6, 6.07) is 3.57. The quantitative estimate of drug-likeness (QED) is 0.679. The molecular formula is C18H26FN3O3. The van der Waals surface area contributed by atoms with E-state index in [1.807, 2.05) is 0 Å². The molecule has 0 saturated carbocycles. The van der Waals surface area contributed by atoms with Crippen molar-refractivity contribution >= 4 is 17.7 Å². The summed E-state index contributed by atoms with van der Waals surface area (Å²) in [6.07, 6.45) is 0. The van der Waals surface area contributed by atoms with E-state index in [0.29, 0.717) is 5.56 Å². The average molecular weight is 351 g/mol. The molecule has 138 valence electrons. The van der Waals surface area contributed by atoms with Crippen molar-refractivity contribution in [1.29, 1.82) is 0 Å². The van der Waals surface area contributed by atoms with Crippen molar-refractivity contribution in [2.75, 3.05) is 13.1 Å². The van der Waals surface area contributed by atoms with Crippen LogP contribution in [0.15, 0.2) is 18.2 Å². The molecule has 1 atom stereocenters. The minimum absolute atomic E-state index is 0.194. The molecule has 0 radical (unpaired) electrons. The molecule has 0 aliphatic heterocycles. The summed E-state index contributed by atoms with van der Waals surface area (Å²) in [5.74, 6) is -1.41. The van der Waals surface area contributed by atoms with Crippen molar-refractivity contribution in [2.45, 2.75) is 40.7 Å². The van der Waals surface area contributed by atoms with Crippen molar-refractivity contribution in [3.05, 3.63) is 35.1 Å². The van der Waals surface area contributed by atoms with E-state index in [2.05, 4.69) is 16.0 Å². The van der Waals surface area contributed by atoms with Gasteiger partial charge in [0.25, 0.3) is 5.91 Å². The normalized spacial score (nSPS) is 12.2. The average Bonchev–Trinajstić information content (AvgIpc) is 2.52. The van der Waals surface area contributed by atoms with Crippen LogP contribution in [0.1, 0.15) is 43.6 Å². The van der Waals surface area contributed by atoms with E-state index < -0.39 is 23.2 Å². The Hall–Kier alpha value is -2.44. The summed E-state index contributed by atoms with van der Waals surface area (Å²) < 4.78 is 13.4. The van der Waals surface area contributed by atoms with Gasteiger partial charge in [0.2, 0.25) is 11.8 Å². The van der Waals surface area contributed by atoms with Gasteiger partial charge in [0.05, 0.1) is 0 Å². The Morgan fingerprint density at radius 2 is 1.72 bits per heavy atom. The number of hydrogen-bond donors (Lipinski definition) is 3. The number of carbonyl (C=O) groups is 3. The highest BCUT2D eigenvalue weighted by Crippen LogP contribution is 2.12. The minimum Gasteiger partial charge on any atom is -0.353 e. The number of carbonyl (C=O) groups excluding carboxylic acids is 3. The van der Waals surface area contributed by atoms with Crippen LogP contribution < -0.4 is 16.0 Å². The van der Waals surface area contributed by atoms with Gasteiger partial charge >= 0.3 is 0 Å². The number of rotatable bonds is 6. The lowest BCUT2D eigenvalue weighted by Crippen LogP contribution is -2.49. The van der Waals surface area contributed by atoms with Gasteiger partial charge in [0.15, 0.2) is 0 Å². The summed E-state index contributed by atoms with van der Waals surface area (Å²) in [4.78, 5) is 35.6. The molecule has 1 rings (SSSR count). The number of benzene rings is 1. The molecule has 25 heavy (non-hydrogen) atoms. The first-order chi connectivity index (χ1) is 11.5. The van der Waals surface area contributed by atoms with E-state index in [1.54, 1.807) is 34.6 Å². The van der Waals surface area contributed by atoms with Gasteiger partial charge in [0.1, 0.15) is 11.9 Å². The number of halogens is 1. The summed E-state index contributed by atoms with van der Waals surface area (Å²) in [5, 5.41) is 7.85. The van der Waals surface area contributed by atoms with Crippen LogP contribution in [0.3, 0.4) is 0 Å². The third-order valence-electron chi connectivity index (χ3n) is 3.57. The van der Waals surface area contributed by atoms with Crippen molar-refractivity contribution in [3.8, 4) is 0 Å². The van der Waals surface area contributed by atoms with Gasteiger partial charge in [-0.3, -0.25) is 14.4 Å². The Balaban J connectivity index is 2.37. The van der Waals surface area contributed by atoms with Crippen LogP contribution in [0.25, 0.3) is 0 Å². The molecule has 0 bridgehead atoms. The second-order valence-corrected chi connectivity index (χ2v) is 6.96. The second kappa shape index (κ2) is 8.60. The molecule has 7 heteroatoms. The molecule has 0 aromatic heterocycles. The number of amides is 3. The van der Waals surface area contributed by atoms with Crippen LogP contribution in [0.2, 0.25) is 0 Å². The van der Waals surface area contributed by atoms with Gasteiger partial charge in [0, 0.05) is 24.1 Å². The Labute approximate surface area is 147 Å². The number of aryl methyl sites for hydroxylation is 1. The lowest BCUT2D eigenvalue weighted by molar-refractivity contribution is -0.133. The van der Waals surface area contributed by atoms with Gasteiger partial charge in [-0.05, 0) is 31.5 Å². The number of hydrogen-bond acceptors (Lipinski definition) is 3. The molecule has 0 heterocycles. The van der Waals surface area contributed by atoms with Crippen LogP contribution in [-0.4, -0.2) is 36.9 Å². The lowest BCUT2D eigenvalue weighted by atomic mass is 9.95. The molecule has 6 nitrogen and oxygen atoms in total. The molecule has 1 unspecified atom stereocenters. The van der Waals surface area contributed by atoms with Gasteiger partial charge in [-0.25, -0.2) is 4.39 Å². The molecule has 1 aromatic carbocycles. The van der Waals surface area contributed by atoms with E-state index in [1.165, 1.54) is 18.2 Å². The van der Waals surface area contributed by atoms with E-state index >= 15 is 0 Å². The van der Waals surface area contributed by atoms with E-state index in [-0.39, 0.29) is 30.5 Å². The number of nitrogens with one attached hydrogen (secondary N) is 3. The Morgan fingerprint density at radius 1 is 1.12 bits per heavy atom. The lowest BCUT2D eigenvalue weighted by Gasteiger charge is -2.21. The first kappa shape index (κ1) is 20.6. The van der Waals surface area contributed by atoms with E-state index in [9.17, 15) is 18.8 Å². The Morgan fingerprint density at radius 3 is 2.28 bits per heavy atom. The van der Waals surface area contributed by atoms with E-state index in [4.69, 9.17) is 0 Å². The molecule has 3 N–H and O–H groups in total. The molecule has 0 fully saturated rings. The fourth-order valence-corrected chi connectivity index (χ4v) is 1.83. The zero-order valence-electron chi connectivity index (χ0n) is 15.3. The smallest absolute Gasteiger partial charge is 0.251 e. The summed E-state index contributed by atoms with van der Waals surface area (Å²) in [5.41, 5.74) is 0.113. The first-order valence-electron chi connectivity index (χ1n) is 8.15. The highest BCUT2D eigenvalue weighted by molar-refractivity contribution is 5.94. The van der Waals surface area contributed by atoms with Crippen LogP contribution in [0.4, 0.5) is 4.39 Å². The highest BCUT2D eigenvalue weighted by atomic mass is 19.1. The molecule has 0 aliphatic carbocycles. The maximum atomic E-state index is 13.4. The predicted octanol–water partition coefficient (Wildman–Crippen LogP) is 1.53. The topological polar surface area (TPSA) is 87.3 Å². The van der Waals surface area contributed by atoms with Crippen LogP contribution in [0, 0.1) is 18.2 Å². The second-order valence-electron chi connectivity index (χ2n) is 6.96. The molecule has 1 aromatic rings. The van der Waals surface area contributed by atoms with Crippen molar-refractivity contribution in [2.24, 2.45) is 5.41 Å². The van der Waals surface area contributed by atoms with Crippen LogP contribution in [-0.2, 0) is 9.59 Å². The first-order valence-corrected chi connectivity index (χ1v) is 8.15. The van der Waals surface area contributed by atoms with Crippen molar-refractivity contribution in [1.82, 2.24) is 16.0 Å². The molecule has 0 aliphatic rings. The van der Waals surface area contributed by atoms with Gasteiger partial charge in [-0.1, -0.05) is 26.8 Å². The zero-order valence-corrected chi connectivity index (χ0v) is 15.3. The monoisotopic (exact) mass is 351 g/mol. The summed E-state index contributed by atoms with van der Waals surface area (Å²) >= 11 is 0.